The fourth-order valence-electron chi connectivity index (χ4n) is 4.67. The Morgan fingerprint density at radius 1 is 1.12 bits per heavy atom. The molecule has 0 aliphatic heterocycles. The Balaban J connectivity index is 1.83. The first kappa shape index (κ1) is 24.2. The second kappa shape index (κ2) is 9.38. The molecule has 1 aliphatic carbocycles. The molecule has 3 aromatic rings. The molecule has 1 aliphatic rings. The highest BCUT2D eigenvalue weighted by Crippen LogP contribution is 2.35. The van der Waals surface area contributed by atoms with Crippen LogP contribution in [0.3, 0.4) is 0 Å². The molecule has 2 aromatic carbocycles. The van der Waals surface area contributed by atoms with Gasteiger partial charge in [0.1, 0.15) is 11.6 Å². The van der Waals surface area contributed by atoms with Crippen LogP contribution in [0.5, 0.6) is 0 Å². The van der Waals surface area contributed by atoms with E-state index in [4.69, 9.17) is 0 Å². The number of fused-ring (bicyclic) bond motifs is 1. The van der Waals surface area contributed by atoms with Crippen LogP contribution in [-0.2, 0) is 22.9 Å². The average molecular weight is 488 g/mol. The van der Waals surface area contributed by atoms with Gasteiger partial charge in [0, 0.05) is 34.7 Å². The van der Waals surface area contributed by atoms with Gasteiger partial charge in [0.2, 0.25) is 10.0 Å². The summed E-state index contributed by atoms with van der Waals surface area (Å²) in [5.41, 5.74) is 1.28. The van der Waals surface area contributed by atoms with Gasteiger partial charge in [-0.3, -0.25) is 9.36 Å². The summed E-state index contributed by atoms with van der Waals surface area (Å²) in [4.78, 5) is 17.9. The Hall–Kier alpha value is -2.91. The first-order chi connectivity index (χ1) is 16.1. The molecule has 0 saturated carbocycles. The quantitative estimate of drug-likeness (QED) is 0.571. The number of nitrogens with one attached hydrogen (secondary N) is 1. The average Bonchev–Trinajstić information content (AvgIpc) is 2.76. The normalized spacial score (nSPS) is 18.2. The lowest BCUT2D eigenvalue weighted by Crippen LogP contribution is -2.45. The standard InChI is InChI=1S/C25H27F2N3O3S/c1-15(2)30-14-28-22-12-11-21(29-34(3,32)33)19(23(22)25(30)31)13-16-7-6-9-18(24(16)27)17-8-4-5-10-20(17)26/h4-10,14-15,19,21,29H,11-13H2,1-3H3. The van der Waals surface area contributed by atoms with Crippen molar-refractivity contribution in [1.82, 2.24) is 14.3 Å². The van der Waals surface area contributed by atoms with Gasteiger partial charge < -0.3 is 0 Å². The molecule has 6 nitrogen and oxygen atoms in total. The molecule has 0 saturated heterocycles. The zero-order valence-corrected chi connectivity index (χ0v) is 20.1. The van der Waals surface area contributed by atoms with Gasteiger partial charge in [-0.2, -0.15) is 0 Å². The summed E-state index contributed by atoms with van der Waals surface area (Å²) >= 11 is 0. The minimum atomic E-state index is -3.58. The van der Waals surface area contributed by atoms with Gasteiger partial charge >= 0.3 is 0 Å². The Kier molecular flexibility index (Phi) is 6.69. The molecule has 0 amide bonds. The first-order valence-electron chi connectivity index (χ1n) is 11.2. The van der Waals surface area contributed by atoms with Crippen LogP contribution >= 0.6 is 0 Å². The van der Waals surface area contributed by atoms with Gasteiger partial charge in [0.25, 0.3) is 5.56 Å². The van der Waals surface area contributed by atoms with Crippen LogP contribution in [0.2, 0.25) is 0 Å². The lowest BCUT2D eigenvalue weighted by molar-refractivity contribution is 0.409. The molecule has 0 spiro atoms. The summed E-state index contributed by atoms with van der Waals surface area (Å²) < 4.78 is 58.3. The second-order valence-corrected chi connectivity index (χ2v) is 10.8. The van der Waals surface area contributed by atoms with E-state index >= 15 is 4.39 Å². The Morgan fingerprint density at radius 2 is 1.82 bits per heavy atom. The molecule has 0 fully saturated rings. The summed E-state index contributed by atoms with van der Waals surface area (Å²) in [6, 6.07) is 9.93. The number of benzene rings is 2. The molecule has 180 valence electrons. The van der Waals surface area contributed by atoms with Crippen molar-refractivity contribution in [3.8, 4) is 11.1 Å². The van der Waals surface area contributed by atoms with Crippen LogP contribution < -0.4 is 10.3 Å². The summed E-state index contributed by atoms with van der Waals surface area (Å²) in [5, 5.41) is 0. The van der Waals surface area contributed by atoms with Gasteiger partial charge in [-0.15, -0.1) is 0 Å². The maximum absolute atomic E-state index is 15.6. The number of nitrogens with zero attached hydrogens (tertiary/aromatic N) is 2. The fourth-order valence-corrected chi connectivity index (χ4v) is 5.51. The zero-order chi connectivity index (χ0) is 24.6. The second-order valence-electron chi connectivity index (χ2n) is 9.02. The predicted octanol–water partition coefficient (Wildman–Crippen LogP) is 3.96. The van der Waals surface area contributed by atoms with E-state index in [0.717, 1.165) is 6.26 Å². The first-order valence-corrected chi connectivity index (χ1v) is 13.1. The van der Waals surface area contributed by atoms with Crippen molar-refractivity contribution >= 4 is 10.0 Å². The molecule has 0 radical (unpaired) electrons. The molecular weight excluding hydrogens is 460 g/mol. The van der Waals surface area contributed by atoms with Gasteiger partial charge in [-0.25, -0.2) is 26.9 Å². The minimum absolute atomic E-state index is 0.0628. The predicted molar refractivity (Wildman–Crippen MR) is 127 cm³/mol. The minimum Gasteiger partial charge on any atom is -0.296 e. The van der Waals surface area contributed by atoms with E-state index in [0.29, 0.717) is 24.1 Å². The number of halogens is 2. The fraction of sp³-hybridized carbons (Fsp3) is 0.360. The summed E-state index contributed by atoms with van der Waals surface area (Å²) in [5.74, 6) is -1.76. The zero-order valence-electron chi connectivity index (χ0n) is 19.3. The third-order valence-electron chi connectivity index (χ3n) is 6.27. The topological polar surface area (TPSA) is 81.1 Å². The highest BCUT2D eigenvalue weighted by Gasteiger charge is 2.36. The van der Waals surface area contributed by atoms with Crippen LogP contribution in [0.25, 0.3) is 11.1 Å². The van der Waals surface area contributed by atoms with Crippen molar-refractivity contribution < 1.29 is 17.2 Å². The van der Waals surface area contributed by atoms with Crippen molar-refractivity contribution in [2.45, 2.75) is 51.1 Å². The van der Waals surface area contributed by atoms with Crippen molar-refractivity contribution in [2.24, 2.45) is 0 Å². The summed E-state index contributed by atoms with van der Waals surface area (Å²) in [6.07, 6.45) is 3.50. The van der Waals surface area contributed by atoms with Gasteiger partial charge in [-0.1, -0.05) is 36.4 Å². The van der Waals surface area contributed by atoms with Crippen molar-refractivity contribution in [1.29, 1.82) is 0 Å². The monoisotopic (exact) mass is 487 g/mol. The van der Waals surface area contributed by atoms with Gasteiger partial charge in [0.05, 0.1) is 18.3 Å². The lowest BCUT2D eigenvalue weighted by atomic mass is 9.78. The Bertz CT molecular complexity index is 1390. The Morgan fingerprint density at radius 3 is 2.50 bits per heavy atom. The van der Waals surface area contributed by atoms with E-state index in [1.165, 1.54) is 35.2 Å². The van der Waals surface area contributed by atoms with E-state index in [1.807, 2.05) is 13.8 Å². The van der Waals surface area contributed by atoms with Gasteiger partial charge in [-0.05, 0) is 44.7 Å². The van der Waals surface area contributed by atoms with E-state index in [2.05, 4.69) is 9.71 Å². The van der Waals surface area contributed by atoms with Crippen molar-refractivity contribution in [3.05, 3.63) is 87.6 Å². The SMILES string of the molecule is CC(C)n1cnc2c(c1=O)C(Cc1cccc(-c3ccccc3F)c1F)C(NS(C)(=O)=O)CC2. The molecular formula is C25H27F2N3O3S. The van der Waals surface area contributed by atoms with Crippen LogP contribution in [0, 0.1) is 11.6 Å². The molecule has 1 N–H and O–H groups in total. The molecule has 1 aromatic heterocycles. The molecule has 9 heteroatoms. The molecule has 2 atom stereocenters. The molecule has 4 rings (SSSR count). The van der Waals surface area contributed by atoms with Crippen LogP contribution in [0.15, 0.2) is 53.6 Å². The number of sulfonamides is 1. The maximum Gasteiger partial charge on any atom is 0.257 e. The highest BCUT2D eigenvalue weighted by molar-refractivity contribution is 7.88. The number of aryl methyl sites for hydroxylation is 1. The van der Waals surface area contributed by atoms with Crippen molar-refractivity contribution in [2.75, 3.05) is 6.26 Å². The van der Waals surface area contributed by atoms with Crippen molar-refractivity contribution in [3.63, 3.8) is 0 Å². The largest absolute Gasteiger partial charge is 0.296 e. The van der Waals surface area contributed by atoms with Gasteiger partial charge in [0.15, 0.2) is 0 Å². The Labute approximate surface area is 197 Å². The van der Waals surface area contributed by atoms with Crippen LogP contribution in [0.1, 0.15) is 49.0 Å². The van der Waals surface area contributed by atoms with Crippen LogP contribution in [0.4, 0.5) is 8.78 Å². The van der Waals surface area contributed by atoms with E-state index in [-0.39, 0.29) is 34.7 Å². The molecule has 2 unspecified atom stereocenters. The number of hydrogen-bond donors (Lipinski definition) is 1. The summed E-state index contributed by atoms with van der Waals surface area (Å²) in [6.45, 7) is 3.72. The van der Waals surface area contributed by atoms with E-state index in [1.54, 1.807) is 18.2 Å². The number of hydrogen-bond acceptors (Lipinski definition) is 4. The van der Waals surface area contributed by atoms with E-state index < -0.39 is 33.6 Å². The molecule has 1 heterocycles. The number of rotatable bonds is 6. The molecule has 34 heavy (non-hydrogen) atoms. The maximum atomic E-state index is 15.6. The third kappa shape index (κ3) is 4.81. The smallest absolute Gasteiger partial charge is 0.257 e. The number of aromatic nitrogens is 2. The summed E-state index contributed by atoms with van der Waals surface area (Å²) in [7, 11) is -3.58. The molecule has 0 bridgehead atoms. The lowest BCUT2D eigenvalue weighted by Gasteiger charge is -2.33. The van der Waals surface area contributed by atoms with Crippen LogP contribution in [-0.4, -0.2) is 30.3 Å². The highest BCUT2D eigenvalue weighted by atomic mass is 32.2. The third-order valence-corrected chi connectivity index (χ3v) is 7.00. The van der Waals surface area contributed by atoms with E-state index in [9.17, 15) is 17.6 Å².